The zero-order valence-electron chi connectivity index (χ0n) is 7.47. The number of hydrogen-bond acceptors (Lipinski definition) is 2. The van der Waals surface area contributed by atoms with Crippen molar-refractivity contribution in [2.45, 2.75) is 13.8 Å². The van der Waals surface area contributed by atoms with Gasteiger partial charge < -0.3 is 0 Å². The number of rotatable bonds is 0. The highest BCUT2D eigenvalue weighted by molar-refractivity contribution is 5.73. The van der Waals surface area contributed by atoms with Crippen LogP contribution in [0.5, 0.6) is 0 Å². The highest BCUT2D eigenvalue weighted by Crippen LogP contribution is 2.14. The van der Waals surface area contributed by atoms with E-state index in [1.54, 1.807) is 12.1 Å². The molecule has 0 saturated carbocycles. The van der Waals surface area contributed by atoms with Gasteiger partial charge in [0, 0.05) is 10.8 Å². The minimum atomic E-state index is -0.300. The lowest BCUT2D eigenvalue weighted by atomic mass is 10.0. The molecule has 3 heteroatoms. The van der Waals surface area contributed by atoms with Gasteiger partial charge in [-0.2, -0.15) is 0 Å². The van der Waals surface area contributed by atoms with Crippen molar-refractivity contribution in [2.24, 2.45) is 0 Å². The molecular formula is C10H9NO2. The predicted molar refractivity (Wildman–Crippen MR) is 51.5 cm³/mol. The maximum Gasteiger partial charge on any atom is 0.258 e. The quantitative estimate of drug-likeness (QED) is 0.647. The molecule has 13 heavy (non-hydrogen) atoms. The highest BCUT2D eigenvalue weighted by atomic mass is 16.2. The van der Waals surface area contributed by atoms with Crippen LogP contribution < -0.4 is 11.1 Å². The normalized spacial score (nSPS) is 10.9. The van der Waals surface area contributed by atoms with Crippen molar-refractivity contribution in [3.8, 4) is 0 Å². The Morgan fingerprint density at radius 2 is 1.31 bits per heavy atom. The lowest BCUT2D eigenvalue weighted by Gasteiger charge is -1.98. The van der Waals surface area contributed by atoms with Crippen LogP contribution in [-0.4, -0.2) is 4.98 Å². The topological polar surface area (TPSA) is 49.9 Å². The average Bonchev–Trinajstić information content (AvgIpc) is 2.25. The van der Waals surface area contributed by atoms with Crippen molar-refractivity contribution in [1.82, 2.24) is 4.98 Å². The van der Waals surface area contributed by atoms with Gasteiger partial charge >= 0.3 is 0 Å². The Labute approximate surface area is 74.4 Å². The summed E-state index contributed by atoms with van der Waals surface area (Å²) in [5, 5.41) is 1.18. The Balaban J connectivity index is 3.30. The summed E-state index contributed by atoms with van der Waals surface area (Å²) in [4.78, 5) is 25.0. The van der Waals surface area contributed by atoms with Crippen molar-refractivity contribution in [3.05, 3.63) is 44.0 Å². The van der Waals surface area contributed by atoms with Gasteiger partial charge in [-0.1, -0.05) is 0 Å². The largest absolute Gasteiger partial charge is 0.288 e. The maximum absolute atomic E-state index is 11.4. The van der Waals surface area contributed by atoms with Crippen molar-refractivity contribution in [2.75, 3.05) is 0 Å². The molecular weight excluding hydrogens is 166 g/mol. The molecule has 0 atom stereocenters. The van der Waals surface area contributed by atoms with E-state index >= 15 is 0 Å². The second-order valence-electron chi connectivity index (χ2n) is 3.19. The van der Waals surface area contributed by atoms with Crippen LogP contribution in [0.2, 0.25) is 0 Å². The Hall–Kier alpha value is -1.64. The van der Waals surface area contributed by atoms with Gasteiger partial charge in [-0.05, 0) is 37.1 Å². The van der Waals surface area contributed by atoms with Gasteiger partial charge in [-0.3, -0.25) is 14.6 Å². The van der Waals surface area contributed by atoms with Crippen molar-refractivity contribution in [3.63, 3.8) is 0 Å². The third-order valence-corrected chi connectivity index (χ3v) is 2.50. The predicted octanol–water partition coefficient (Wildman–Crippen LogP) is 0.943. The van der Waals surface area contributed by atoms with Gasteiger partial charge in [-0.15, -0.1) is 0 Å². The van der Waals surface area contributed by atoms with Crippen LogP contribution in [0.3, 0.4) is 0 Å². The van der Waals surface area contributed by atoms with Crippen LogP contribution in [-0.2, 0) is 0 Å². The monoisotopic (exact) mass is 175 g/mol. The van der Waals surface area contributed by atoms with E-state index < -0.39 is 0 Å². The first-order valence-corrected chi connectivity index (χ1v) is 4.07. The smallest absolute Gasteiger partial charge is 0.258 e. The molecule has 2 heterocycles. The van der Waals surface area contributed by atoms with Gasteiger partial charge in [0.05, 0.1) is 0 Å². The molecule has 1 aromatic carbocycles. The average molecular weight is 175 g/mol. The zero-order chi connectivity index (χ0) is 9.59. The van der Waals surface area contributed by atoms with E-state index in [2.05, 4.69) is 4.98 Å². The molecule has 0 unspecified atom stereocenters. The molecule has 66 valence electrons. The molecule has 0 spiro atoms. The SMILES string of the molecule is Cc1c(C)c2ccc1c(=O)[nH]c2=O. The second-order valence-corrected chi connectivity index (χ2v) is 3.19. The molecule has 3 aromatic rings. The van der Waals surface area contributed by atoms with E-state index in [0.29, 0.717) is 10.8 Å². The summed E-state index contributed by atoms with van der Waals surface area (Å²) >= 11 is 0. The third-order valence-electron chi connectivity index (χ3n) is 2.50. The van der Waals surface area contributed by atoms with Crippen molar-refractivity contribution < 1.29 is 0 Å². The summed E-state index contributed by atoms with van der Waals surface area (Å²) in [6.07, 6.45) is 0. The number of aryl methyl sites for hydroxylation is 2. The summed E-state index contributed by atoms with van der Waals surface area (Å²) < 4.78 is 0. The number of H-pyrrole nitrogens is 1. The van der Waals surface area contributed by atoms with E-state index in [0.717, 1.165) is 11.1 Å². The molecule has 0 aliphatic heterocycles. The van der Waals surface area contributed by atoms with Gasteiger partial charge in [0.15, 0.2) is 0 Å². The zero-order valence-corrected chi connectivity index (χ0v) is 7.47. The third kappa shape index (κ3) is 0.967. The number of fused-ring (bicyclic) bond motifs is 4. The van der Waals surface area contributed by atoms with Gasteiger partial charge in [0.25, 0.3) is 11.1 Å². The van der Waals surface area contributed by atoms with Crippen molar-refractivity contribution >= 4 is 10.8 Å². The fraction of sp³-hybridized carbons (Fsp3) is 0.200. The maximum atomic E-state index is 11.4. The molecule has 0 fully saturated rings. The number of aromatic amines is 1. The van der Waals surface area contributed by atoms with E-state index in [9.17, 15) is 9.59 Å². The molecule has 2 aromatic heterocycles. The lowest BCUT2D eigenvalue weighted by Crippen LogP contribution is -2.12. The number of aromatic nitrogens is 1. The summed E-state index contributed by atoms with van der Waals surface area (Å²) in [6, 6.07) is 3.38. The lowest BCUT2D eigenvalue weighted by molar-refractivity contribution is 1.24. The first kappa shape index (κ1) is 7.98. The Bertz CT molecular complexity index is 519. The number of hydrogen-bond donors (Lipinski definition) is 1. The Morgan fingerprint density at radius 1 is 0.923 bits per heavy atom. The van der Waals surface area contributed by atoms with Crippen LogP contribution in [0.1, 0.15) is 11.1 Å². The molecule has 0 amide bonds. The first-order valence-electron chi connectivity index (χ1n) is 4.07. The van der Waals surface area contributed by atoms with Crippen LogP contribution >= 0.6 is 0 Å². The van der Waals surface area contributed by atoms with Crippen LogP contribution in [0.15, 0.2) is 21.7 Å². The highest BCUT2D eigenvalue weighted by Gasteiger charge is 2.06. The van der Waals surface area contributed by atoms with Gasteiger partial charge in [0.2, 0.25) is 0 Å². The molecule has 0 radical (unpaired) electrons. The minimum Gasteiger partial charge on any atom is -0.288 e. The number of benzene rings is 1. The fourth-order valence-corrected chi connectivity index (χ4v) is 1.55. The van der Waals surface area contributed by atoms with E-state index in [4.69, 9.17) is 0 Å². The summed E-state index contributed by atoms with van der Waals surface area (Å²) in [7, 11) is 0. The summed E-state index contributed by atoms with van der Waals surface area (Å²) in [5.41, 5.74) is 1.18. The molecule has 3 rings (SSSR count). The standard InChI is InChI=1S/C10H9NO2/c1-5-6(2)8-4-3-7(5)9(12)11-10(8)13/h3-4H,1-2H3,(H,11,12,13). The van der Waals surface area contributed by atoms with Crippen LogP contribution in [0, 0.1) is 13.8 Å². The fourth-order valence-electron chi connectivity index (χ4n) is 1.55. The van der Waals surface area contributed by atoms with Gasteiger partial charge in [0.1, 0.15) is 0 Å². The Morgan fingerprint density at radius 3 is 1.69 bits per heavy atom. The first-order chi connectivity index (χ1) is 6.11. The van der Waals surface area contributed by atoms with E-state index in [-0.39, 0.29) is 11.1 Å². The summed E-state index contributed by atoms with van der Waals surface area (Å²) in [6.45, 7) is 3.71. The Kier molecular flexibility index (Phi) is 1.49. The molecule has 0 saturated heterocycles. The van der Waals surface area contributed by atoms with Crippen molar-refractivity contribution in [1.29, 1.82) is 0 Å². The van der Waals surface area contributed by atoms with E-state index in [1.165, 1.54) is 0 Å². The molecule has 1 N–H and O–H groups in total. The molecule has 2 bridgehead atoms. The van der Waals surface area contributed by atoms with Crippen LogP contribution in [0.4, 0.5) is 0 Å². The number of nitrogens with one attached hydrogen (secondary N) is 1. The minimum absolute atomic E-state index is 0.300. The van der Waals surface area contributed by atoms with E-state index in [1.807, 2.05) is 13.8 Å². The summed E-state index contributed by atoms with van der Waals surface area (Å²) in [5.74, 6) is 0. The molecule has 3 nitrogen and oxygen atoms in total. The molecule has 0 aliphatic rings. The van der Waals surface area contributed by atoms with Crippen LogP contribution in [0.25, 0.3) is 10.8 Å². The molecule has 0 aliphatic carbocycles. The second kappa shape index (κ2) is 2.42. The van der Waals surface area contributed by atoms with Gasteiger partial charge in [-0.25, -0.2) is 0 Å².